The molecule has 1 unspecified atom stereocenters. The fraction of sp³-hybridized carbons (Fsp3) is 0.480. The maximum absolute atomic E-state index is 14.4. The molecule has 8 nitrogen and oxygen atoms in total. The van der Waals surface area contributed by atoms with Crippen LogP contribution in [0.4, 0.5) is 10.1 Å². The Labute approximate surface area is 201 Å². The highest BCUT2D eigenvalue weighted by molar-refractivity contribution is 5.92. The minimum absolute atomic E-state index is 0.0582. The van der Waals surface area contributed by atoms with Crippen LogP contribution in [0.5, 0.6) is 0 Å². The maximum Gasteiger partial charge on any atom is 0.224 e. The Bertz CT molecular complexity index is 1040. The van der Waals surface area contributed by atoms with Gasteiger partial charge in [-0.25, -0.2) is 19.4 Å². The molecule has 0 aliphatic carbocycles. The topological polar surface area (TPSA) is 108 Å². The van der Waals surface area contributed by atoms with E-state index in [-0.39, 0.29) is 17.8 Å². The van der Waals surface area contributed by atoms with Crippen LogP contribution in [-0.4, -0.2) is 66.7 Å². The summed E-state index contributed by atoms with van der Waals surface area (Å²) >= 11 is 0. The summed E-state index contributed by atoms with van der Waals surface area (Å²) in [6, 6.07) is 5.02. The summed E-state index contributed by atoms with van der Waals surface area (Å²) in [6.07, 6.45) is 5.91. The van der Waals surface area contributed by atoms with Gasteiger partial charge < -0.3 is 26.6 Å². The summed E-state index contributed by atoms with van der Waals surface area (Å²) in [6.45, 7) is 11.3. The number of guanidine groups is 2. The van der Waals surface area contributed by atoms with Crippen molar-refractivity contribution in [1.82, 2.24) is 15.1 Å². The molecule has 2 saturated heterocycles. The van der Waals surface area contributed by atoms with Gasteiger partial charge in [0.05, 0.1) is 17.4 Å². The van der Waals surface area contributed by atoms with Gasteiger partial charge in [0.1, 0.15) is 5.82 Å². The number of piperidine rings is 1. The Morgan fingerprint density at radius 2 is 1.94 bits per heavy atom. The van der Waals surface area contributed by atoms with Crippen LogP contribution in [0.25, 0.3) is 5.70 Å². The number of nitrogens with zero attached hydrogens (tertiary/aromatic N) is 5. The minimum atomic E-state index is -0.455. The number of aliphatic imine (C=N–C) groups is 3. The molecule has 1 aromatic rings. The highest BCUT2D eigenvalue weighted by atomic mass is 19.1. The Hall–Kier alpha value is -3.20. The summed E-state index contributed by atoms with van der Waals surface area (Å²) in [5, 5.41) is 3.54. The van der Waals surface area contributed by atoms with Crippen molar-refractivity contribution >= 4 is 30.0 Å². The molecule has 0 amide bonds. The molecule has 182 valence electrons. The van der Waals surface area contributed by atoms with Crippen molar-refractivity contribution in [2.24, 2.45) is 20.7 Å². The third-order valence-corrected chi connectivity index (χ3v) is 6.69. The van der Waals surface area contributed by atoms with Crippen molar-refractivity contribution in [3.8, 4) is 0 Å². The van der Waals surface area contributed by atoms with E-state index in [9.17, 15) is 4.39 Å². The minimum Gasteiger partial charge on any atom is -0.396 e. The van der Waals surface area contributed by atoms with E-state index < -0.39 is 5.82 Å². The van der Waals surface area contributed by atoms with Gasteiger partial charge in [0.25, 0.3) is 0 Å². The van der Waals surface area contributed by atoms with Gasteiger partial charge in [-0.1, -0.05) is 6.07 Å². The number of halogens is 1. The summed E-state index contributed by atoms with van der Waals surface area (Å²) in [5.41, 5.74) is 15.2. The highest BCUT2D eigenvalue weighted by Crippen LogP contribution is 2.32. The standard InChI is InChI=1S/C25H35FN8/c1-16(15-30-24(29-3)33-10-4-5-11-33)22-17(2)31-25(34-12-8-19(27)9-13-34)32-23(22)18-6-7-21(28)20(26)14-18/h6-7,14-15,17,19H,3-5,8-13,27-28H2,1-2H3,(H,31,32)/b16-15+,30-24+. The van der Waals surface area contributed by atoms with E-state index >= 15 is 0 Å². The number of nitrogens with two attached hydrogens (primary N) is 2. The number of anilines is 1. The molecule has 34 heavy (non-hydrogen) atoms. The molecule has 0 saturated carbocycles. The Balaban J connectivity index is 1.75. The summed E-state index contributed by atoms with van der Waals surface area (Å²) in [7, 11) is 0. The Morgan fingerprint density at radius 3 is 2.59 bits per heavy atom. The molecule has 3 aliphatic rings. The van der Waals surface area contributed by atoms with Gasteiger partial charge in [0, 0.05) is 49.6 Å². The van der Waals surface area contributed by atoms with Gasteiger partial charge in [0.2, 0.25) is 5.96 Å². The van der Waals surface area contributed by atoms with E-state index in [0.29, 0.717) is 17.2 Å². The molecule has 0 radical (unpaired) electrons. The fourth-order valence-electron chi connectivity index (χ4n) is 4.73. The monoisotopic (exact) mass is 466 g/mol. The predicted molar refractivity (Wildman–Crippen MR) is 138 cm³/mol. The van der Waals surface area contributed by atoms with Crippen LogP contribution in [0, 0.1) is 5.82 Å². The average molecular weight is 467 g/mol. The first-order valence-electron chi connectivity index (χ1n) is 12.0. The smallest absolute Gasteiger partial charge is 0.224 e. The number of likely N-dealkylation sites (tertiary alicyclic amines) is 2. The average Bonchev–Trinajstić information content (AvgIpc) is 3.36. The molecule has 4 rings (SSSR count). The lowest BCUT2D eigenvalue weighted by molar-refractivity contribution is 0.303. The van der Waals surface area contributed by atoms with E-state index in [1.807, 2.05) is 19.2 Å². The lowest BCUT2D eigenvalue weighted by Crippen LogP contribution is -2.52. The second kappa shape index (κ2) is 10.4. The summed E-state index contributed by atoms with van der Waals surface area (Å²) in [4.78, 5) is 18.1. The van der Waals surface area contributed by atoms with Crippen molar-refractivity contribution in [2.75, 3.05) is 31.9 Å². The molecule has 5 N–H and O–H groups in total. The summed E-state index contributed by atoms with van der Waals surface area (Å²) in [5.74, 6) is 0.961. The van der Waals surface area contributed by atoms with Crippen molar-refractivity contribution in [1.29, 1.82) is 0 Å². The van der Waals surface area contributed by atoms with Gasteiger partial charge in [-0.3, -0.25) is 0 Å². The predicted octanol–water partition coefficient (Wildman–Crippen LogP) is 2.95. The number of nitrogens with one attached hydrogen (secondary N) is 1. The largest absolute Gasteiger partial charge is 0.396 e. The third kappa shape index (κ3) is 5.14. The molecular weight excluding hydrogens is 431 g/mol. The van der Waals surface area contributed by atoms with E-state index in [0.717, 1.165) is 69.0 Å². The molecule has 2 fully saturated rings. The third-order valence-electron chi connectivity index (χ3n) is 6.69. The zero-order valence-corrected chi connectivity index (χ0v) is 20.1. The maximum atomic E-state index is 14.4. The van der Waals surface area contributed by atoms with Gasteiger partial charge in [-0.2, -0.15) is 0 Å². The van der Waals surface area contributed by atoms with Crippen molar-refractivity contribution in [3.63, 3.8) is 0 Å². The number of rotatable bonds is 3. The lowest BCUT2D eigenvalue weighted by Gasteiger charge is -2.37. The molecule has 1 aromatic carbocycles. The van der Waals surface area contributed by atoms with Crippen LogP contribution in [0.1, 0.15) is 45.1 Å². The van der Waals surface area contributed by atoms with Crippen molar-refractivity contribution < 1.29 is 4.39 Å². The first-order valence-corrected chi connectivity index (χ1v) is 12.0. The summed E-state index contributed by atoms with van der Waals surface area (Å²) < 4.78 is 14.4. The second-order valence-corrected chi connectivity index (χ2v) is 9.22. The Morgan fingerprint density at radius 1 is 1.24 bits per heavy atom. The first-order chi connectivity index (χ1) is 16.4. The molecule has 1 atom stereocenters. The van der Waals surface area contributed by atoms with Crippen LogP contribution in [0.15, 0.2) is 50.5 Å². The number of nitrogen functional groups attached to an aromatic ring is 1. The molecule has 0 spiro atoms. The quantitative estimate of drug-likeness (QED) is 0.361. The fourth-order valence-corrected chi connectivity index (χ4v) is 4.73. The van der Waals surface area contributed by atoms with E-state index in [2.05, 4.69) is 38.7 Å². The molecule has 9 heteroatoms. The van der Waals surface area contributed by atoms with Gasteiger partial charge in [0.15, 0.2) is 5.96 Å². The Kier molecular flexibility index (Phi) is 7.31. The van der Waals surface area contributed by atoms with Crippen LogP contribution >= 0.6 is 0 Å². The van der Waals surface area contributed by atoms with Crippen LogP contribution in [0.3, 0.4) is 0 Å². The SMILES string of the molecule is C=N/C(=N\C=C(/C)C1=C(c2ccc(N)c(F)c2)N=C(N2CCC(N)CC2)NC1C)N1CCCC1. The van der Waals surface area contributed by atoms with Gasteiger partial charge in [-0.15, -0.1) is 0 Å². The van der Waals surface area contributed by atoms with Gasteiger partial charge in [-0.05, 0) is 64.0 Å². The first kappa shape index (κ1) is 23.9. The van der Waals surface area contributed by atoms with Crippen molar-refractivity contribution in [3.05, 3.63) is 46.9 Å². The zero-order valence-electron chi connectivity index (χ0n) is 20.1. The van der Waals surface area contributed by atoms with E-state index in [1.165, 1.54) is 6.07 Å². The van der Waals surface area contributed by atoms with Crippen molar-refractivity contribution in [2.45, 2.75) is 51.6 Å². The molecule has 3 aliphatic heterocycles. The van der Waals surface area contributed by atoms with Crippen LogP contribution < -0.4 is 16.8 Å². The van der Waals surface area contributed by atoms with Gasteiger partial charge >= 0.3 is 0 Å². The highest BCUT2D eigenvalue weighted by Gasteiger charge is 2.28. The lowest BCUT2D eigenvalue weighted by atomic mass is 9.94. The molecule has 0 bridgehead atoms. The second-order valence-electron chi connectivity index (χ2n) is 9.22. The molecule has 0 aromatic heterocycles. The zero-order chi connectivity index (χ0) is 24.2. The van der Waals surface area contributed by atoms with Crippen LogP contribution in [-0.2, 0) is 0 Å². The van der Waals surface area contributed by atoms with E-state index in [4.69, 9.17) is 16.5 Å². The number of hydrogen-bond acceptors (Lipinski definition) is 6. The number of hydrogen-bond donors (Lipinski definition) is 3. The number of benzene rings is 1. The van der Waals surface area contributed by atoms with Crippen LogP contribution in [0.2, 0.25) is 0 Å². The normalized spacial score (nSPS) is 22.7. The molecular formula is C25H35FN8. The van der Waals surface area contributed by atoms with E-state index in [1.54, 1.807) is 6.07 Å². The molecule has 3 heterocycles.